The summed E-state index contributed by atoms with van der Waals surface area (Å²) in [5.41, 5.74) is 6.76. The van der Waals surface area contributed by atoms with Gasteiger partial charge >= 0.3 is 5.97 Å². The van der Waals surface area contributed by atoms with E-state index in [2.05, 4.69) is 5.32 Å². The van der Waals surface area contributed by atoms with Crippen molar-refractivity contribution in [2.45, 2.75) is 19.4 Å². The van der Waals surface area contributed by atoms with Crippen LogP contribution in [0, 0.1) is 0 Å². The molecule has 4 N–H and O–H groups in total. The Morgan fingerprint density at radius 2 is 2.06 bits per heavy atom. The number of benzene rings is 1. The fourth-order valence-electron chi connectivity index (χ4n) is 1.45. The van der Waals surface area contributed by atoms with Gasteiger partial charge in [0, 0.05) is 5.56 Å². The third kappa shape index (κ3) is 3.57. The molecular weight excluding hydrogens is 220 g/mol. The van der Waals surface area contributed by atoms with Crippen LogP contribution >= 0.6 is 0 Å². The summed E-state index contributed by atoms with van der Waals surface area (Å²) < 4.78 is 0. The van der Waals surface area contributed by atoms with Gasteiger partial charge in [0.2, 0.25) is 0 Å². The summed E-state index contributed by atoms with van der Waals surface area (Å²) in [6, 6.07) is 6.12. The van der Waals surface area contributed by atoms with Crippen LogP contribution in [0.2, 0.25) is 0 Å². The Bertz CT molecular complexity index is 418. The summed E-state index contributed by atoms with van der Waals surface area (Å²) in [5.74, 6) is -1.45. The molecule has 1 aromatic carbocycles. The molecule has 0 heterocycles. The number of carbonyl (C=O) groups is 2. The predicted octanol–water partition coefficient (Wildman–Crippen LogP) is 0.391. The Morgan fingerprint density at radius 3 is 2.65 bits per heavy atom. The van der Waals surface area contributed by atoms with Crippen molar-refractivity contribution in [3.05, 3.63) is 35.4 Å². The SMILES string of the molecule is CC(NC(=O)c1ccccc1CCN)C(=O)O. The van der Waals surface area contributed by atoms with E-state index in [0.29, 0.717) is 18.5 Å². The smallest absolute Gasteiger partial charge is 0.325 e. The van der Waals surface area contributed by atoms with Crippen LogP contribution < -0.4 is 11.1 Å². The molecule has 0 aliphatic heterocycles. The molecule has 0 spiro atoms. The van der Waals surface area contributed by atoms with Crippen molar-refractivity contribution in [1.82, 2.24) is 5.32 Å². The number of aliphatic carboxylic acids is 1. The van der Waals surface area contributed by atoms with Crippen LogP contribution in [0.5, 0.6) is 0 Å². The van der Waals surface area contributed by atoms with Crippen LogP contribution in [-0.4, -0.2) is 29.6 Å². The number of hydrogen-bond donors (Lipinski definition) is 3. The van der Waals surface area contributed by atoms with Crippen molar-refractivity contribution in [3.63, 3.8) is 0 Å². The van der Waals surface area contributed by atoms with E-state index in [1.807, 2.05) is 12.1 Å². The number of nitrogens with one attached hydrogen (secondary N) is 1. The molecule has 1 unspecified atom stereocenters. The van der Waals surface area contributed by atoms with Crippen molar-refractivity contribution in [3.8, 4) is 0 Å². The number of carbonyl (C=O) groups excluding carboxylic acids is 1. The van der Waals surface area contributed by atoms with Gasteiger partial charge in [-0.1, -0.05) is 18.2 Å². The first-order valence-corrected chi connectivity index (χ1v) is 5.38. The summed E-state index contributed by atoms with van der Waals surface area (Å²) in [6.45, 7) is 1.87. The van der Waals surface area contributed by atoms with Crippen molar-refractivity contribution in [2.75, 3.05) is 6.54 Å². The van der Waals surface area contributed by atoms with E-state index in [0.717, 1.165) is 5.56 Å². The molecule has 17 heavy (non-hydrogen) atoms. The monoisotopic (exact) mass is 236 g/mol. The summed E-state index contributed by atoms with van der Waals surface area (Å²) in [6.07, 6.45) is 0.588. The van der Waals surface area contributed by atoms with E-state index in [9.17, 15) is 9.59 Å². The minimum atomic E-state index is -1.06. The van der Waals surface area contributed by atoms with E-state index in [4.69, 9.17) is 10.8 Å². The second kappa shape index (κ2) is 6.00. The summed E-state index contributed by atoms with van der Waals surface area (Å²) in [7, 11) is 0. The van der Waals surface area contributed by atoms with E-state index in [1.165, 1.54) is 6.92 Å². The van der Waals surface area contributed by atoms with Crippen molar-refractivity contribution in [1.29, 1.82) is 0 Å². The molecular formula is C12H16N2O3. The first-order valence-electron chi connectivity index (χ1n) is 5.38. The quantitative estimate of drug-likeness (QED) is 0.689. The highest BCUT2D eigenvalue weighted by atomic mass is 16.4. The number of nitrogens with two attached hydrogens (primary N) is 1. The van der Waals surface area contributed by atoms with Gasteiger partial charge in [0.1, 0.15) is 6.04 Å². The highest BCUT2D eigenvalue weighted by Crippen LogP contribution is 2.09. The number of amides is 1. The van der Waals surface area contributed by atoms with Gasteiger partial charge in [-0.2, -0.15) is 0 Å². The molecule has 0 saturated carbocycles. The largest absolute Gasteiger partial charge is 0.480 e. The number of rotatable bonds is 5. The molecule has 0 radical (unpaired) electrons. The van der Waals surface area contributed by atoms with Gasteiger partial charge < -0.3 is 16.2 Å². The molecule has 0 aromatic heterocycles. The number of carboxylic acids is 1. The van der Waals surface area contributed by atoms with Gasteiger partial charge in [-0.3, -0.25) is 9.59 Å². The Hall–Kier alpha value is -1.88. The average molecular weight is 236 g/mol. The second-order valence-electron chi connectivity index (χ2n) is 3.73. The van der Waals surface area contributed by atoms with E-state index in [1.54, 1.807) is 12.1 Å². The lowest BCUT2D eigenvalue weighted by Gasteiger charge is -2.12. The van der Waals surface area contributed by atoms with Gasteiger partial charge in [-0.25, -0.2) is 0 Å². The van der Waals surface area contributed by atoms with Crippen LogP contribution in [0.3, 0.4) is 0 Å². The molecule has 92 valence electrons. The van der Waals surface area contributed by atoms with Gasteiger partial charge in [-0.05, 0) is 31.5 Å². The highest BCUT2D eigenvalue weighted by Gasteiger charge is 2.16. The van der Waals surface area contributed by atoms with Crippen molar-refractivity contribution < 1.29 is 14.7 Å². The van der Waals surface area contributed by atoms with Crippen LogP contribution in [0.1, 0.15) is 22.8 Å². The number of hydrogen-bond acceptors (Lipinski definition) is 3. The molecule has 1 amide bonds. The summed E-state index contributed by atoms with van der Waals surface area (Å²) in [5, 5.41) is 11.1. The zero-order valence-electron chi connectivity index (χ0n) is 9.64. The average Bonchev–Trinajstić information content (AvgIpc) is 2.29. The van der Waals surface area contributed by atoms with Crippen LogP contribution in [-0.2, 0) is 11.2 Å². The molecule has 0 aliphatic carbocycles. The third-order valence-corrected chi connectivity index (χ3v) is 2.39. The maximum Gasteiger partial charge on any atom is 0.325 e. The van der Waals surface area contributed by atoms with Crippen LogP contribution in [0.4, 0.5) is 0 Å². The number of carboxylic acid groups (broad SMARTS) is 1. The van der Waals surface area contributed by atoms with E-state index in [-0.39, 0.29) is 5.91 Å². The normalized spacial score (nSPS) is 11.9. The molecule has 1 aromatic rings. The third-order valence-electron chi connectivity index (χ3n) is 2.39. The Balaban J connectivity index is 2.84. The lowest BCUT2D eigenvalue weighted by Crippen LogP contribution is -2.38. The summed E-state index contributed by atoms with van der Waals surface area (Å²) >= 11 is 0. The zero-order chi connectivity index (χ0) is 12.8. The van der Waals surface area contributed by atoms with Gasteiger partial charge in [0.25, 0.3) is 5.91 Å². The second-order valence-corrected chi connectivity index (χ2v) is 3.73. The van der Waals surface area contributed by atoms with Gasteiger partial charge in [0.15, 0.2) is 0 Å². The minimum Gasteiger partial charge on any atom is -0.480 e. The Kier molecular flexibility index (Phi) is 4.66. The maximum atomic E-state index is 11.8. The lowest BCUT2D eigenvalue weighted by atomic mass is 10.0. The van der Waals surface area contributed by atoms with E-state index < -0.39 is 12.0 Å². The van der Waals surface area contributed by atoms with Crippen molar-refractivity contribution >= 4 is 11.9 Å². The Morgan fingerprint density at radius 1 is 1.41 bits per heavy atom. The first kappa shape index (κ1) is 13.2. The molecule has 0 bridgehead atoms. The summed E-state index contributed by atoms with van der Waals surface area (Å²) in [4.78, 5) is 22.5. The van der Waals surface area contributed by atoms with E-state index >= 15 is 0 Å². The zero-order valence-corrected chi connectivity index (χ0v) is 9.64. The lowest BCUT2D eigenvalue weighted by molar-refractivity contribution is -0.138. The molecule has 0 aliphatic rings. The molecule has 0 saturated heterocycles. The predicted molar refractivity (Wildman–Crippen MR) is 63.8 cm³/mol. The van der Waals surface area contributed by atoms with Gasteiger partial charge in [-0.15, -0.1) is 0 Å². The van der Waals surface area contributed by atoms with Crippen LogP contribution in [0.25, 0.3) is 0 Å². The molecule has 1 rings (SSSR count). The van der Waals surface area contributed by atoms with Gasteiger partial charge in [0.05, 0.1) is 0 Å². The van der Waals surface area contributed by atoms with Crippen molar-refractivity contribution in [2.24, 2.45) is 5.73 Å². The maximum absolute atomic E-state index is 11.8. The fourth-order valence-corrected chi connectivity index (χ4v) is 1.45. The first-order chi connectivity index (χ1) is 8.06. The molecule has 5 nitrogen and oxygen atoms in total. The molecule has 0 fully saturated rings. The minimum absolute atomic E-state index is 0.385. The molecule has 1 atom stereocenters. The fraction of sp³-hybridized carbons (Fsp3) is 0.333. The Labute approximate surface area is 99.6 Å². The van der Waals surface area contributed by atoms with Crippen LogP contribution in [0.15, 0.2) is 24.3 Å². The molecule has 5 heteroatoms. The highest BCUT2D eigenvalue weighted by molar-refractivity contribution is 5.97. The topological polar surface area (TPSA) is 92.4 Å². The standard InChI is InChI=1S/C12H16N2O3/c1-8(12(16)17)14-11(15)10-5-3-2-4-9(10)6-7-13/h2-5,8H,6-7,13H2,1H3,(H,14,15)(H,16,17).